The summed E-state index contributed by atoms with van der Waals surface area (Å²) < 4.78 is 32.8. The quantitative estimate of drug-likeness (QED) is 0.213. The van der Waals surface area contributed by atoms with Gasteiger partial charge in [0, 0.05) is 9.79 Å². The van der Waals surface area contributed by atoms with Gasteiger partial charge in [0.15, 0.2) is 11.9 Å². The van der Waals surface area contributed by atoms with Crippen molar-refractivity contribution in [1.29, 1.82) is 0 Å². The molecule has 0 spiro atoms. The van der Waals surface area contributed by atoms with Gasteiger partial charge in [-0.25, -0.2) is 9.36 Å². The van der Waals surface area contributed by atoms with Gasteiger partial charge in [-0.3, -0.25) is 4.52 Å². The lowest BCUT2D eigenvalue weighted by atomic mass is 10.1. The Morgan fingerprint density at radius 2 is 1.44 bits per heavy atom. The number of phosphoric acid groups is 1. The van der Waals surface area contributed by atoms with Crippen molar-refractivity contribution in [2.45, 2.75) is 35.2 Å². The Kier molecular flexibility index (Phi) is 9.49. The number of aliphatic hydroxyl groups excluding tert-OH is 1. The van der Waals surface area contributed by atoms with Crippen molar-refractivity contribution >= 4 is 37.3 Å². The highest BCUT2D eigenvalue weighted by atomic mass is 32.2. The lowest BCUT2D eigenvalue weighted by Gasteiger charge is -2.23. The predicted octanol–water partition coefficient (Wildman–Crippen LogP) is 3.47. The third-order valence-corrected chi connectivity index (χ3v) is 6.82. The second kappa shape index (κ2) is 12.1. The molecule has 0 aromatic heterocycles. The fourth-order valence-corrected chi connectivity index (χ4v) is 4.44. The van der Waals surface area contributed by atoms with Gasteiger partial charge in [0.05, 0.1) is 6.61 Å². The molecular formula is C22H25O9PS2. The number of benzene rings is 2. The maximum atomic E-state index is 12.6. The number of cyclic esters (lactones) is 1. The lowest BCUT2D eigenvalue weighted by Crippen LogP contribution is -2.34. The molecule has 12 heteroatoms. The Hall–Kier alpha value is -1.98. The fourth-order valence-electron chi connectivity index (χ4n) is 3.10. The van der Waals surface area contributed by atoms with Crippen molar-refractivity contribution < 1.29 is 43.0 Å². The first-order valence-corrected chi connectivity index (χ1v) is 14.0. The molecule has 34 heavy (non-hydrogen) atoms. The van der Waals surface area contributed by atoms with Crippen LogP contribution in [-0.2, 0) is 41.3 Å². The van der Waals surface area contributed by atoms with E-state index in [2.05, 4.69) is 4.52 Å². The van der Waals surface area contributed by atoms with Gasteiger partial charge in [0.25, 0.3) is 0 Å². The van der Waals surface area contributed by atoms with Crippen LogP contribution in [0.2, 0.25) is 0 Å². The Morgan fingerprint density at radius 3 is 1.88 bits per heavy atom. The van der Waals surface area contributed by atoms with E-state index in [1.54, 1.807) is 23.5 Å². The molecule has 1 aliphatic rings. The summed E-state index contributed by atoms with van der Waals surface area (Å²) in [4.78, 5) is 33.1. The summed E-state index contributed by atoms with van der Waals surface area (Å²) in [5.74, 6) is -1.23. The normalized spacial score (nSPS) is 17.0. The van der Waals surface area contributed by atoms with Crippen molar-refractivity contribution in [3.63, 3.8) is 0 Å². The first-order valence-electron chi connectivity index (χ1n) is 10.1. The van der Waals surface area contributed by atoms with Crippen molar-refractivity contribution in [2.24, 2.45) is 0 Å². The Bertz CT molecular complexity index is 1050. The second-order valence-electron chi connectivity index (χ2n) is 7.11. The molecule has 0 fully saturated rings. The van der Waals surface area contributed by atoms with Gasteiger partial charge in [-0.2, -0.15) is 0 Å². The molecule has 2 aromatic carbocycles. The van der Waals surface area contributed by atoms with Gasteiger partial charge in [-0.15, -0.1) is 23.5 Å². The molecule has 0 amide bonds. The Balaban J connectivity index is 1.84. The first kappa shape index (κ1) is 26.6. The van der Waals surface area contributed by atoms with Gasteiger partial charge in [-0.05, 0) is 47.9 Å². The predicted molar refractivity (Wildman–Crippen MR) is 127 cm³/mol. The Labute approximate surface area is 205 Å². The van der Waals surface area contributed by atoms with Crippen molar-refractivity contribution in [1.82, 2.24) is 0 Å². The average molecular weight is 529 g/mol. The van der Waals surface area contributed by atoms with Crippen LogP contribution in [0.15, 0.2) is 69.8 Å². The van der Waals surface area contributed by atoms with Gasteiger partial charge in [0.2, 0.25) is 5.76 Å². The highest BCUT2D eigenvalue weighted by Gasteiger charge is 2.45. The van der Waals surface area contributed by atoms with Gasteiger partial charge in [0.1, 0.15) is 19.3 Å². The van der Waals surface area contributed by atoms with Crippen LogP contribution in [0, 0.1) is 0 Å². The molecule has 2 atom stereocenters. The van der Waals surface area contributed by atoms with E-state index in [1.807, 2.05) is 61.0 Å². The monoisotopic (exact) mass is 528 g/mol. The summed E-state index contributed by atoms with van der Waals surface area (Å²) in [5.41, 5.74) is 1.57. The summed E-state index contributed by atoms with van der Waals surface area (Å²) in [6, 6.07) is 15.1. The number of rotatable bonds is 12. The first-order chi connectivity index (χ1) is 16.2. The smallest absolute Gasteiger partial charge is 0.470 e. The summed E-state index contributed by atoms with van der Waals surface area (Å²) >= 11 is 3.18. The number of carbonyl (C=O) groups excluding carboxylic acids is 1. The number of hydrogen-bond acceptors (Lipinski definition) is 9. The maximum absolute atomic E-state index is 12.6. The van der Waals surface area contributed by atoms with E-state index in [-0.39, 0.29) is 24.7 Å². The maximum Gasteiger partial charge on any atom is 0.470 e. The SMILES string of the molecule is CSc1ccc(COC2=C(OCc3ccc(SC)cc3)[C@@H]([C@H](CO)OP(=O)(O)O)OC2=O)cc1. The molecule has 0 bridgehead atoms. The molecule has 184 valence electrons. The van der Waals surface area contributed by atoms with Crippen molar-refractivity contribution in [3.05, 3.63) is 71.2 Å². The molecule has 2 aromatic rings. The number of hydrogen-bond donors (Lipinski definition) is 3. The topological polar surface area (TPSA) is 132 Å². The zero-order chi connectivity index (χ0) is 24.7. The van der Waals surface area contributed by atoms with Gasteiger partial charge < -0.3 is 29.1 Å². The Morgan fingerprint density at radius 1 is 0.941 bits per heavy atom. The van der Waals surface area contributed by atoms with Crippen LogP contribution >= 0.6 is 31.3 Å². The van der Waals surface area contributed by atoms with Crippen LogP contribution in [0.4, 0.5) is 0 Å². The highest BCUT2D eigenvalue weighted by Crippen LogP contribution is 2.41. The minimum absolute atomic E-state index is 0.0282. The highest BCUT2D eigenvalue weighted by molar-refractivity contribution is 7.98. The van der Waals surface area contributed by atoms with Crippen LogP contribution in [0.1, 0.15) is 11.1 Å². The third-order valence-electron chi connectivity index (χ3n) is 4.79. The molecule has 0 radical (unpaired) electrons. The molecule has 3 N–H and O–H groups in total. The van der Waals surface area contributed by atoms with E-state index in [0.29, 0.717) is 0 Å². The van der Waals surface area contributed by atoms with Gasteiger partial charge in [-0.1, -0.05) is 24.3 Å². The van der Waals surface area contributed by atoms with E-state index >= 15 is 0 Å². The number of esters is 1. The fraction of sp³-hybridized carbons (Fsp3) is 0.318. The molecule has 1 aliphatic heterocycles. The zero-order valence-electron chi connectivity index (χ0n) is 18.4. The van der Waals surface area contributed by atoms with Crippen LogP contribution in [-0.4, -0.2) is 52.2 Å². The summed E-state index contributed by atoms with van der Waals surface area (Å²) in [7, 11) is -4.99. The molecule has 0 saturated carbocycles. The number of ether oxygens (including phenoxy) is 3. The number of carbonyl (C=O) groups is 1. The molecule has 3 rings (SSSR count). The lowest BCUT2D eigenvalue weighted by molar-refractivity contribution is -0.148. The van der Waals surface area contributed by atoms with E-state index in [9.17, 15) is 24.3 Å². The largest absolute Gasteiger partial charge is 0.485 e. The minimum atomic E-state index is -4.99. The van der Waals surface area contributed by atoms with E-state index in [0.717, 1.165) is 20.9 Å². The van der Waals surface area contributed by atoms with Crippen LogP contribution in [0.25, 0.3) is 0 Å². The van der Waals surface area contributed by atoms with Crippen molar-refractivity contribution in [2.75, 3.05) is 19.1 Å². The molecule has 0 saturated heterocycles. The average Bonchev–Trinajstić information content (AvgIpc) is 3.14. The van der Waals surface area contributed by atoms with Gasteiger partial charge >= 0.3 is 13.8 Å². The standard InChI is InChI=1S/C22H25O9PS2/c1-33-16-7-3-14(4-8-16)12-28-20-19(18(11-23)31-32(25,26)27)30-22(24)21(20)29-13-15-5-9-17(34-2)10-6-15/h3-10,18-19,23H,11-13H2,1-2H3,(H2,25,26,27)/t18-,19+/m0/s1. The second-order valence-corrected chi connectivity index (χ2v) is 10.1. The summed E-state index contributed by atoms with van der Waals surface area (Å²) in [6.07, 6.45) is 0.960. The van der Waals surface area contributed by atoms with E-state index in [4.69, 9.17) is 14.2 Å². The van der Waals surface area contributed by atoms with Crippen LogP contribution in [0.3, 0.4) is 0 Å². The van der Waals surface area contributed by atoms with E-state index < -0.39 is 32.6 Å². The zero-order valence-corrected chi connectivity index (χ0v) is 21.0. The minimum Gasteiger partial charge on any atom is -0.485 e. The molecule has 1 heterocycles. The third kappa shape index (κ3) is 7.26. The number of phosphoric ester groups is 1. The van der Waals surface area contributed by atoms with E-state index in [1.165, 1.54) is 0 Å². The molecule has 0 unspecified atom stereocenters. The number of thioether (sulfide) groups is 2. The summed E-state index contributed by atoms with van der Waals surface area (Å²) in [5, 5.41) is 9.66. The van der Waals surface area contributed by atoms with Crippen LogP contribution < -0.4 is 0 Å². The summed E-state index contributed by atoms with van der Waals surface area (Å²) in [6.45, 7) is -0.771. The van der Waals surface area contributed by atoms with Crippen LogP contribution in [0.5, 0.6) is 0 Å². The number of aliphatic hydroxyl groups is 1. The molecular weight excluding hydrogens is 503 g/mol. The van der Waals surface area contributed by atoms with Crippen molar-refractivity contribution in [3.8, 4) is 0 Å². The molecule has 0 aliphatic carbocycles. The molecule has 9 nitrogen and oxygen atoms in total.